The Kier molecular flexibility index (Phi) is 10.5. The summed E-state index contributed by atoms with van der Waals surface area (Å²) in [5, 5.41) is 16.6. The summed E-state index contributed by atoms with van der Waals surface area (Å²) in [5.74, 6) is -0.350. The molecule has 3 aromatic carbocycles. The lowest BCUT2D eigenvalue weighted by molar-refractivity contribution is -0.123. The van der Waals surface area contributed by atoms with Crippen molar-refractivity contribution in [1.29, 1.82) is 0 Å². The number of nitrogens with zero attached hydrogens (tertiary/aromatic N) is 1. The van der Waals surface area contributed by atoms with E-state index >= 15 is 0 Å². The zero-order valence-electron chi connectivity index (χ0n) is 22.7. The molecular formula is C31H35N3O6S. The van der Waals surface area contributed by atoms with Gasteiger partial charge in [0.1, 0.15) is 11.8 Å². The number of carbonyl (C=O) groups is 2. The monoisotopic (exact) mass is 577 g/mol. The number of nitrogens with one attached hydrogen (secondary N) is 2. The predicted molar refractivity (Wildman–Crippen MR) is 156 cm³/mol. The number of phenols is 1. The first-order chi connectivity index (χ1) is 19.8. The van der Waals surface area contributed by atoms with Crippen molar-refractivity contribution in [2.24, 2.45) is 0 Å². The van der Waals surface area contributed by atoms with Crippen molar-refractivity contribution in [3.05, 3.63) is 108 Å². The van der Waals surface area contributed by atoms with Crippen molar-refractivity contribution in [3.8, 4) is 5.75 Å². The number of carbonyl (C=O) groups excluding carboxylic acids is 2. The number of aromatic hydroxyl groups is 1. The summed E-state index contributed by atoms with van der Waals surface area (Å²) in [4.78, 5) is 28.4. The minimum Gasteiger partial charge on any atom is -0.508 e. The summed E-state index contributed by atoms with van der Waals surface area (Å²) >= 11 is 0. The normalized spacial score (nSPS) is 15.3. The Morgan fingerprint density at radius 1 is 0.878 bits per heavy atom. The van der Waals surface area contributed by atoms with E-state index in [0.717, 1.165) is 16.5 Å². The average molecular weight is 578 g/mol. The Hall–Kier alpha value is -4.15. The predicted octanol–water partition coefficient (Wildman–Crippen LogP) is 3.45. The van der Waals surface area contributed by atoms with E-state index in [1.54, 1.807) is 35.2 Å². The second-order valence-electron chi connectivity index (χ2n) is 9.80. The van der Waals surface area contributed by atoms with Crippen LogP contribution < -0.4 is 10.6 Å². The first-order valence-corrected chi connectivity index (χ1v) is 15.1. The van der Waals surface area contributed by atoms with Crippen molar-refractivity contribution in [2.45, 2.75) is 36.2 Å². The molecule has 0 aromatic heterocycles. The van der Waals surface area contributed by atoms with Crippen molar-refractivity contribution >= 4 is 21.8 Å². The molecule has 4 rings (SSSR count). The number of ether oxygens (including phenoxy) is 1. The molecule has 216 valence electrons. The molecule has 1 unspecified atom stereocenters. The molecule has 1 heterocycles. The number of rotatable bonds is 11. The molecule has 0 bridgehead atoms. The van der Waals surface area contributed by atoms with Crippen molar-refractivity contribution in [1.82, 2.24) is 15.5 Å². The largest absolute Gasteiger partial charge is 0.508 e. The van der Waals surface area contributed by atoms with Gasteiger partial charge in [0.15, 0.2) is 9.84 Å². The molecule has 0 spiro atoms. The minimum absolute atomic E-state index is 0.0952. The number of sulfone groups is 1. The molecular weight excluding hydrogens is 542 g/mol. The van der Waals surface area contributed by atoms with Gasteiger partial charge in [0.2, 0.25) is 5.91 Å². The highest BCUT2D eigenvalue weighted by Crippen LogP contribution is 2.15. The number of hydrogen-bond acceptors (Lipinski definition) is 6. The van der Waals surface area contributed by atoms with Crippen LogP contribution in [0.15, 0.2) is 101 Å². The Labute approximate surface area is 240 Å². The minimum atomic E-state index is -3.72. The zero-order valence-corrected chi connectivity index (χ0v) is 23.5. The van der Waals surface area contributed by atoms with Gasteiger partial charge in [-0.2, -0.15) is 0 Å². The topological polar surface area (TPSA) is 125 Å². The second kappa shape index (κ2) is 14.5. The average Bonchev–Trinajstić information content (AvgIpc) is 3.00. The molecule has 10 heteroatoms. The van der Waals surface area contributed by atoms with Crippen LogP contribution in [-0.4, -0.2) is 68.7 Å². The fourth-order valence-electron chi connectivity index (χ4n) is 4.44. The maximum atomic E-state index is 13.6. The van der Waals surface area contributed by atoms with E-state index in [1.807, 2.05) is 30.3 Å². The smallest absolute Gasteiger partial charge is 0.318 e. The number of phenolic OH excluding ortho intramolecular Hbond substituents is 1. The molecule has 2 atom stereocenters. The molecule has 9 nitrogen and oxygen atoms in total. The Balaban J connectivity index is 1.54. The lowest BCUT2D eigenvalue weighted by atomic mass is 10.0. The lowest BCUT2D eigenvalue weighted by Gasteiger charge is -2.29. The summed E-state index contributed by atoms with van der Waals surface area (Å²) in [6.07, 6.45) is 2.72. The van der Waals surface area contributed by atoms with E-state index in [4.69, 9.17) is 4.74 Å². The number of urea groups is 1. The summed E-state index contributed by atoms with van der Waals surface area (Å²) in [6, 6.07) is 22.3. The first kappa shape index (κ1) is 29.8. The SMILES string of the molecule is O=C(N[C@H](/C=C/S(=O)(=O)c1ccccc1)CCc1ccccc1)C(Cc1ccc(O)cc1)NC(=O)N1CCOCC1. The number of benzene rings is 3. The first-order valence-electron chi connectivity index (χ1n) is 13.5. The highest BCUT2D eigenvalue weighted by atomic mass is 32.2. The van der Waals surface area contributed by atoms with E-state index in [0.29, 0.717) is 39.1 Å². The standard InChI is InChI=1S/C31H35N3O6S/c35-27-15-12-25(13-16-27)23-29(33-31(37)34-18-20-40-21-19-34)30(36)32-26(14-11-24-7-3-1-4-8-24)17-22-41(38,39)28-9-5-2-6-10-28/h1-10,12-13,15-17,22,26,29,35H,11,14,18-21,23H2,(H,32,36)(H,33,37)/b22-17+/t26-,29?/m0/s1. The molecule has 41 heavy (non-hydrogen) atoms. The number of amides is 3. The van der Waals surface area contributed by atoms with Crippen LogP contribution in [0, 0.1) is 0 Å². The van der Waals surface area contributed by atoms with Gasteiger partial charge in [-0.1, -0.05) is 66.7 Å². The van der Waals surface area contributed by atoms with Crippen molar-refractivity contribution in [3.63, 3.8) is 0 Å². The van der Waals surface area contributed by atoms with Crippen molar-refractivity contribution < 1.29 is 27.9 Å². The molecule has 1 saturated heterocycles. The van der Waals surface area contributed by atoms with Gasteiger partial charge in [0, 0.05) is 31.0 Å². The molecule has 3 amide bonds. The van der Waals surface area contributed by atoms with E-state index < -0.39 is 27.8 Å². The highest BCUT2D eigenvalue weighted by molar-refractivity contribution is 7.94. The van der Waals surface area contributed by atoms with Crippen LogP contribution in [0.2, 0.25) is 0 Å². The number of hydrogen-bond donors (Lipinski definition) is 3. The van der Waals surface area contributed by atoms with Gasteiger partial charge in [-0.05, 0) is 48.2 Å². The van der Waals surface area contributed by atoms with Crippen LogP contribution in [0.4, 0.5) is 4.79 Å². The Bertz CT molecular complexity index is 1410. The maximum Gasteiger partial charge on any atom is 0.318 e. The van der Waals surface area contributed by atoms with Crippen LogP contribution in [0.25, 0.3) is 0 Å². The van der Waals surface area contributed by atoms with Gasteiger partial charge in [-0.15, -0.1) is 0 Å². The molecule has 3 aromatic rings. The van der Waals surface area contributed by atoms with Gasteiger partial charge in [-0.3, -0.25) is 4.79 Å². The molecule has 1 aliphatic rings. The van der Waals surface area contributed by atoms with E-state index in [9.17, 15) is 23.1 Å². The molecule has 1 fully saturated rings. The van der Waals surface area contributed by atoms with E-state index in [-0.39, 0.29) is 23.1 Å². The molecule has 1 aliphatic heterocycles. The molecule has 3 N–H and O–H groups in total. The van der Waals surface area contributed by atoms with Gasteiger partial charge in [-0.25, -0.2) is 13.2 Å². The van der Waals surface area contributed by atoms with Crippen LogP contribution in [0.5, 0.6) is 5.75 Å². The van der Waals surface area contributed by atoms with Gasteiger partial charge >= 0.3 is 6.03 Å². The highest BCUT2D eigenvalue weighted by Gasteiger charge is 2.26. The van der Waals surface area contributed by atoms with Gasteiger partial charge in [0.25, 0.3) is 0 Å². The quantitative estimate of drug-likeness (QED) is 0.321. The van der Waals surface area contributed by atoms with Crippen LogP contribution in [-0.2, 0) is 32.2 Å². The van der Waals surface area contributed by atoms with Crippen LogP contribution in [0.3, 0.4) is 0 Å². The number of aryl methyl sites for hydroxylation is 1. The second-order valence-corrected chi connectivity index (χ2v) is 11.6. The molecule has 0 aliphatic carbocycles. The molecule has 0 radical (unpaired) electrons. The van der Waals surface area contributed by atoms with Crippen LogP contribution in [0.1, 0.15) is 17.5 Å². The lowest BCUT2D eigenvalue weighted by Crippen LogP contribution is -2.55. The summed E-state index contributed by atoms with van der Waals surface area (Å²) in [6.45, 7) is 1.67. The Morgan fingerprint density at radius 2 is 1.51 bits per heavy atom. The van der Waals surface area contributed by atoms with E-state index in [1.165, 1.54) is 30.3 Å². The molecule has 0 saturated carbocycles. The number of morpholine rings is 1. The van der Waals surface area contributed by atoms with Gasteiger partial charge in [0.05, 0.1) is 18.1 Å². The zero-order chi connectivity index (χ0) is 29.1. The Morgan fingerprint density at radius 3 is 2.17 bits per heavy atom. The van der Waals surface area contributed by atoms with Gasteiger partial charge < -0.3 is 25.4 Å². The third-order valence-electron chi connectivity index (χ3n) is 6.76. The van der Waals surface area contributed by atoms with E-state index in [2.05, 4.69) is 10.6 Å². The maximum absolute atomic E-state index is 13.6. The fraction of sp³-hybridized carbons (Fsp3) is 0.290. The summed E-state index contributed by atoms with van der Waals surface area (Å²) in [5.41, 5.74) is 1.79. The third-order valence-corrected chi connectivity index (χ3v) is 8.21. The fourth-order valence-corrected chi connectivity index (χ4v) is 5.53. The third kappa shape index (κ3) is 9.19. The summed E-state index contributed by atoms with van der Waals surface area (Å²) in [7, 11) is -3.72. The van der Waals surface area contributed by atoms with Crippen molar-refractivity contribution in [2.75, 3.05) is 26.3 Å². The van der Waals surface area contributed by atoms with Crippen LogP contribution >= 0.6 is 0 Å². The summed E-state index contributed by atoms with van der Waals surface area (Å²) < 4.78 is 31.2.